The van der Waals surface area contributed by atoms with Crippen molar-refractivity contribution in [3.05, 3.63) is 45.7 Å². The quantitative estimate of drug-likeness (QED) is 0.724. The van der Waals surface area contributed by atoms with Gasteiger partial charge in [-0.05, 0) is 60.3 Å². The topological polar surface area (TPSA) is 87.2 Å². The molecule has 0 radical (unpaired) electrons. The lowest BCUT2D eigenvalue weighted by atomic mass is 9.79. The van der Waals surface area contributed by atoms with Crippen LogP contribution in [0.2, 0.25) is 0 Å². The van der Waals surface area contributed by atoms with Gasteiger partial charge in [-0.3, -0.25) is 14.6 Å². The first kappa shape index (κ1) is 20.8. The normalized spacial score (nSPS) is 29.9. The minimum absolute atomic E-state index is 0.0610. The van der Waals surface area contributed by atoms with Crippen LogP contribution >= 0.6 is 0 Å². The number of hydrogen-bond acceptors (Lipinski definition) is 3. The molecular formula is C20H23F3N4O3S. The first-order chi connectivity index (χ1) is 14.5. The Kier molecular flexibility index (Phi) is 4.49. The van der Waals surface area contributed by atoms with E-state index in [2.05, 4.69) is 9.82 Å². The number of halogens is 3. The van der Waals surface area contributed by atoms with Crippen molar-refractivity contribution in [2.24, 2.45) is 18.9 Å². The Hall–Kier alpha value is -2.11. The summed E-state index contributed by atoms with van der Waals surface area (Å²) in [6.07, 6.45) is -1.85. The van der Waals surface area contributed by atoms with Gasteiger partial charge in [-0.1, -0.05) is 12.1 Å². The van der Waals surface area contributed by atoms with E-state index >= 15 is 0 Å². The van der Waals surface area contributed by atoms with Crippen molar-refractivity contribution < 1.29 is 21.6 Å². The van der Waals surface area contributed by atoms with Crippen LogP contribution in [0.3, 0.4) is 0 Å². The summed E-state index contributed by atoms with van der Waals surface area (Å²) in [7, 11) is -2.55. The average Bonchev–Trinajstić information content (AvgIpc) is 3.19. The molecule has 2 fully saturated rings. The van der Waals surface area contributed by atoms with Crippen molar-refractivity contribution in [2.45, 2.75) is 37.4 Å². The zero-order valence-corrected chi connectivity index (χ0v) is 17.7. The maximum absolute atomic E-state index is 13.0. The Morgan fingerprint density at radius 1 is 1.13 bits per heavy atom. The lowest BCUT2D eigenvalue weighted by molar-refractivity contribution is -0.136. The second-order valence-electron chi connectivity index (χ2n) is 8.96. The minimum atomic E-state index is -4.59. The van der Waals surface area contributed by atoms with E-state index in [1.807, 2.05) is 18.2 Å². The number of nitrogens with one attached hydrogen (secondary N) is 2. The fourth-order valence-electron chi connectivity index (χ4n) is 5.65. The van der Waals surface area contributed by atoms with Crippen LogP contribution in [-0.2, 0) is 30.1 Å². The smallest absolute Gasteiger partial charge is 0.295 e. The third-order valence-corrected chi connectivity index (χ3v) is 8.69. The van der Waals surface area contributed by atoms with Gasteiger partial charge in [0, 0.05) is 19.7 Å². The van der Waals surface area contributed by atoms with E-state index in [0.29, 0.717) is 22.8 Å². The summed E-state index contributed by atoms with van der Waals surface area (Å²) in [5.41, 5.74) is 2.66. The van der Waals surface area contributed by atoms with Crippen LogP contribution in [0.15, 0.2) is 29.1 Å². The molecule has 1 aliphatic heterocycles. The molecule has 1 aromatic heterocycles. The van der Waals surface area contributed by atoms with E-state index in [4.69, 9.17) is 0 Å². The lowest BCUT2D eigenvalue weighted by Gasteiger charge is -2.33. The molecule has 7 nitrogen and oxygen atoms in total. The highest BCUT2D eigenvalue weighted by molar-refractivity contribution is 7.87. The molecule has 1 saturated carbocycles. The Bertz CT molecular complexity index is 1200. The number of hydrogen-bond donors (Lipinski definition) is 2. The number of fused-ring (bicyclic) bond motifs is 1. The number of aromatic amines is 1. The average molecular weight is 456 g/mol. The molecule has 2 bridgehead atoms. The van der Waals surface area contributed by atoms with Gasteiger partial charge in [-0.2, -0.15) is 30.6 Å². The fraction of sp³-hybridized carbons (Fsp3) is 0.550. The molecule has 2 N–H and O–H groups in total. The summed E-state index contributed by atoms with van der Waals surface area (Å²) in [6.45, 7) is -1.63. The van der Waals surface area contributed by atoms with Gasteiger partial charge in [0.05, 0.1) is 11.2 Å². The Labute approximate surface area is 177 Å². The molecule has 0 amide bonds. The van der Waals surface area contributed by atoms with Gasteiger partial charge in [-0.15, -0.1) is 0 Å². The third kappa shape index (κ3) is 3.42. The van der Waals surface area contributed by atoms with Gasteiger partial charge in [0.15, 0.2) is 0 Å². The summed E-state index contributed by atoms with van der Waals surface area (Å²) < 4.78 is 68.7. The van der Waals surface area contributed by atoms with E-state index in [1.54, 1.807) is 7.05 Å². The van der Waals surface area contributed by atoms with Crippen LogP contribution in [0.5, 0.6) is 0 Å². The molecule has 168 valence electrons. The number of aryl methyl sites for hydroxylation is 1. The number of rotatable bonds is 2. The zero-order chi connectivity index (χ0) is 22.2. The van der Waals surface area contributed by atoms with Crippen molar-refractivity contribution in [1.82, 2.24) is 18.8 Å². The largest absolute Gasteiger partial charge is 0.402 e. The molecule has 2 aliphatic carbocycles. The lowest BCUT2D eigenvalue weighted by Crippen LogP contribution is -2.52. The molecule has 3 atom stereocenters. The maximum Gasteiger partial charge on any atom is 0.402 e. The van der Waals surface area contributed by atoms with E-state index < -0.39 is 28.5 Å². The molecule has 3 aliphatic rings. The van der Waals surface area contributed by atoms with Crippen molar-refractivity contribution >= 4 is 10.2 Å². The standard InChI is InChI=1S/C20H23F3N4O3S/c1-26-18(28)9-17(24-26)13-3-2-12-7-15-4-5-16(8-14(12)6-13)19(15)10-27(11-20(21,22)23)31(29,30)25-19/h2-3,6,9,15-16,24-25H,4-5,7-8,10-11H2,1H3. The van der Waals surface area contributed by atoms with E-state index in [1.165, 1.54) is 10.7 Å². The van der Waals surface area contributed by atoms with Gasteiger partial charge < -0.3 is 0 Å². The second-order valence-corrected chi connectivity index (χ2v) is 10.6. The Morgan fingerprint density at radius 2 is 1.81 bits per heavy atom. The van der Waals surface area contributed by atoms with Gasteiger partial charge >= 0.3 is 6.18 Å². The van der Waals surface area contributed by atoms with Crippen LogP contribution in [-0.4, -0.2) is 47.3 Å². The monoisotopic (exact) mass is 456 g/mol. The molecule has 11 heteroatoms. The number of H-pyrrole nitrogens is 1. The molecule has 3 unspecified atom stereocenters. The molecule has 1 aromatic carbocycles. The first-order valence-corrected chi connectivity index (χ1v) is 11.6. The predicted molar refractivity (Wildman–Crippen MR) is 108 cm³/mol. The van der Waals surface area contributed by atoms with Crippen LogP contribution < -0.4 is 10.3 Å². The van der Waals surface area contributed by atoms with E-state index in [9.17, 15) is 26.4 Å². The van der Waals surface area contributed by atoms with Gasteiger partial charge in [-0.25, -0.2) is 0 Å². The molecule has 31 heavy (non-hydrogen) atoms. The van der Waals surface area contributed by atoms with Crippen molar-refractivity contribution in [1.29, 1.82) is 0 Å². The zero-order valence-electron chi connectivity index (χ0n) is 16.9. The fourth-order valence-corrected chi connectivity index (χ4v) is 7.36. The summed E-state index contributed by atoms with van der Waals surface area (Å²) in [4.78, 5) is 11.8. The minimum Gasteiger partial charge on any atom is -0.295 e. The van der Waals surface area contributed by atoms with E-state index in [0.717, 1.165) is 29.5 Å². The SMILES string of the molecule is Cn1[nH]c(-c2ccc3c(c2)CC2CCC(C3)C23CN(CC(F)(F)F)S(=O)(=O)N3)cc1=O. The first-order valence-electron chi connectivity index (χ1n) is 10.2. The summed E-state index contributed by atoms with van der Waals surface area (Å²) in [5.74, 6) is -0.147. The number of aromatic nitrogens is 2. The Morgan fingerprint density at radius 3 is 2.42 bits per heavy atom. The number of benzene rings is 1. The Balaban J connectivity index is 1.49. The molecular weight excluding hydrogens is 433 g/mol. The van der Waals surface area contributed by atoms with Crippen LogP contribution in [0.4, 0.5) is 13.2 Å². The van der Waals surface area contributed by atoms with Crippen molar-refractivity contribution in [2.75, 3.05) is 13.1 Å². The summed E-state index contributed by atoms with van der Waals surface area (Å²) in [5, 5.41) is 3.00. The highest BCUT2D eigenvalue weighted by Gasteiger charge is 2.60. The molecule has 5 rings (SSSR count). The molecule has 1 spiro atoms. The molecule has 2 heterocycles. The molecule has 2 aromatic rings. The van der Waals surface area contributed by atoms with E-state index in [-0.39, 0.29) is 23.9 Å². The number of alkyl halides is 3. The van der Waals surface area contributed by atoms with Crippen LogP contribution in [0.1, 0.15) is 24.0 Å². The van der Waals surface area contributed by atoms with Gasteiger partial charge in [0.25, 0.3) is 15.8 Å². The highest BCUT2D eigenvalue weighted by atomic mass is 32.2. The highest BCUT2D eigenvalue weighted by Crippen LogP contribution is 2.50. The van der Waals surface area contributed by atoms with Crippen LogP contribution in [0.25, 0.3) is 11.3 Å². The summed E-state index contributed by atoms with van der Waals surface area (Å²) >= 11 is 0. The predicted octanol–water partition coefficient (Wildman–Crippen LogP) is 1.96. The van der Waals surface area contributed by atoms with Crippen LogP contribution in [0, 0.1) is 11.8 Å². The third-order valence-electron chi connectivity index (χ3n) is 7.11. The molecule has 1 saturated heterocycles. The van der Waals surface area contributed by atoms with Crippen molar-refractivity contribution in [3.63, 3.8) is 0 Å². The summed E-state index contributed by atoms with van der Waals surface area (Å²) in [6, 6.07) is 7.43. The maximum atomic E-state index is 13.0. The van der Waals surface area contributed by atoms with Gasteiger partial charge in [0.2, 0.25) is 0 Å². The van der Waals surface area contributed by atoms with Crippen molar-refractivity contribution in [3.8, 4) is 11.3 Å². The second kappa shape index (κ2) is 6.69. The number of nitrogens with zero attached hydrogens (tertiary/aromatic N) is 2. The van der Waals surface area contributed by atoms with Gasteiger partial charge in [0.1, 0.15) is 6.54 Å².